The van der Waals surface area contributed by atoms with Crippen LogP contribution in [0.3, 0.4) is 0 Å². The number of piperazine rings is 1. The number of nitrogens with zero attached hydrogens (tertiary/aromatic N) is 5. The van der Waals surface area contributed by atoms with Crippen molar-refractivity contribution in [3.05, 3.63) is 54.1 Å². The summed E-state index contributed by atoms with van der Waals surface area (Å²) in [4.78, 5) is 27.3. The molecule has 1 aliphatic heterocycles. The Labute approximate surface area is 149 Å². The van der Waals surface area contributed by atoms with Crippen LogP contribution >= 0.6 is 0 Å². The second kappa shape index (κ2) is 8.07. The molecule has 6 nitrogen and oxygen atoms in total. The largest absolute Gasteiger partial charge is 0.368 e. The number of aromatic nitrogens is 2. The molecule has 0 bridgehead atoms. The van der Waals surface area contributed by atoms with Crippen LogP contribution in [0.5, 0.6) is 0 Å². The third-order valence-electron chi connectivity index (χ3n) is 4.67. The summed E-state index contributed by atoms with van der Waals surface area (Å²) in [6.45, 7) is 4.76. The highest BCUT2D eigenvalue weighted by Gasteiger charge is 2.17. The maximum Gasteiger partial charge on any atom is 0.272 e. The zero-order valence-corrected chi connectivity index (χ0v) is 14.9. The van der Waals surface area contributed by atoms with Crippen LogP contribution in [0.4, 0.5) is 5.69 Å². The SMILES string of the molecule is CN1CCN(c2ccc(C(=O)N(C)CCc3ccncc3)nc2)CC1. The van der Waals surface area contributed by atoms with Crippen molar-refractivity contribution in [2.24, 2.45) is 0 Å². The summed E-state index contributed by atoms with van der Waals surface area (Å²) in [5.74, 6) is -0.0426. The molecular weight excluding hydrogens is 314 g/mol. The second-order valence-electron chi connectivity index (χ2n) is 6.52. The monoisotopic (exact) mass is 339 g/mol. The van der Waals surface area contributed by atoms with Gasteiger partial charge in [0.2, 0.25) is 0 Å². The van der Waals surface area contributed by atoms with Gasteiger partial charge in [-0.15, -0.1) is 0 Å². The normalized spacial score (nSPS) is 15.2. The predicted molar refractivity (Wildman–Crippen MR) is 98.8 cm³/mol. The Bertz CT molecular complexity index is 681. The fourth-order valence-corrected chi connectivity index (χ4v) is 2.91. The number of pyridine rings is 2. The molecule has 0 saturated carbocycles. The van der Waals surface area contributed by atoms with Crippen LogP contribution in [0.1, 0.15) is 16.1 Å². The van der Waals surface area contributed by atoms with E-state index in [0.717, 1.165) is 38.3 Å². The Morgan fingerprint density at radius 3 is 2.48 bits per heavy atom. The minimum Gasteiger partial charge on any atom is -0.368 e. The van der Waals surface area contributed by atoms with E-state index in [2.05, 4.69) is 26.8 Å². The summed E-state index contributed by atoms with van der Waals surface area (Å²) in [5.41, 5.74) is 2.76. The molecule has 1 aliphatic rings. The zero-order chi connectivity index (χ0) is 17.6. The van der Waals surface area contributed by atoms with Crippen LogP contribution in [0.2, 0.25) is 0 Å². The molecule has 3 heterocycles. The molecule has 0 spiro atoms. The Morgan fingerprint density at radius 2 is 1.84 bits per heavy atom. The summed E-state index contributed by atoms with van der Waals surface area (Å²) in [6, 6.07) is 7.78. The number of amides is 1. The van der Waals surface area contributed by atoms with Gasteiger partial charge in [0.05, 0.1) is 11.9 Å². The molecule has 2 aromatic rings. The van der Waals surface area contributed by atoms with Gasteiger partial charge in [-0.05, 0) is 43.3 Å². The van der Waals surface area contributed by atoms with Crippen molar-refractivity contribution in [2.45, 2.75) is 6.42 Å². The predicted octanol–water partition coefficient (Wildman–Crippen LogP) is 1.54. The molecule has 3 rings (SSSR count). The molecule has 0 aromatic carbocycles. The minimum absolute atomic E-state index is 0.0426. The molecular formula is C19H25N5O. The average Bonchev–Trinajstić information content (AvgIpc) is 2.67. The molecule has 1 fully saturated rings. The van der Waals surface area contributed by atoms with Crippen molar-refractivity contribution in [3.63, 3.8) is 0 Å². The third-order valence-corrected chi connectivity index (χ3v) is 4.67. The second-order valence-corrected chi connectivity index (χ2v) is 6.52. The van der Waals surface area contributed by atoms with E-state index in [1.54, 1.807) is 17.3 Å². The summed E-state index contributed by atoms with van der Waals surface area (Å²) >= 11 is 0. The van der Waals surface area contributed by atoms with Gasteiger partial charge in [0.1, 0.15) is 5.69 Å². The van der Waals surface area contributed by atoms with Crippen LogP contribution in [-0.2, 0) is 6.42 Å². The molecule has 0 radical (unpaired) electrons. The van der Waals surface area contributed by atoms with Gasteiger partial charge in [-0.2, -0.15) is 0 Å². The number of carbonyl (C=O) groups is 1. The minimum atomic E-state index is -0.0426. The van der Waals surface area contributed by atoms with Crippen molar-refractivity contribution in [2.75, 3.05) is 51.7 Å². The van der Waals surface area contributed by atoms with Gasteiger partial charge in [-0.25, -0.2) is 4.98 Å². The maximum atomic E-state index is 12.5. The highest BCUT2D eigenvalue weighted by molar-refractivity contribution is 5.92. The highest BCUT2D eigenvalue weighted by atomic mass is 16.2. The maximum absolute atomic E-state index is 12.5. The molecule has 6 heteroatoms. The molecule has 1 saturated heterocycles. The molecule has 0 unspecified atom stereocenters. The number of likely N-dealkylation sites (N-methyl/N-ethyl adjacent to an activating group) is 2. The van der Waals surface area contributed by atoms with Gasteiger partial charge in [-0.3, -0.25) is 9.78 Å². The molecule has 0 N–H and O–H groups in total. The number of anilines is 1. The molecule has 132 valence electrons. The van der Waals surface area contributed by atoms with Gasteiger partial charge < -0.3 is 14.7 Å². The van der Waals surface area contributed by atoms with Gasteiger partial charge in [-0.1, -0.05) is 0 Å². The molecule has 25 heavy (non-hydrogen) atoms. The van der Waals surface area contributed by atoms with Gasteiger partial charge in [0, 0.05) is 52.2 Å². The molecule has 0 aliphatic carbocycles. The lowest BCUT2D eigenvalue weighted by Crippen LogP contribution is -2.44. The first-order valence-corrected chi connectivity index (χ1v) is 8.67. The summed E-state index contributed by atoms with van der Waals surface area (Å²) in [5, 5.41) is 0. The van der Waals surface area contributed by atoms with Crippen molar-refractivity contribution < 1.29 is 4.79 Å². The Balaban J connectivity index is 1.56. The molecule has 1 amide bonds. The topological polar surface area (TPSA) is 52.6 Å². The van der Waals surface area contributed by atoms with Crippen molar-refractivity contribution in [1.29, 1.82) is 0 Å². The van der Waals surface area contributed by atoms with Gasteiger partial charge in [0.25, 0.3) is 5.91 Å². The Hall–Kier alpha value is -2.47. The summed E-state index contributed by atoms with van der Waals surface area (Å²) in [6.07, 6.45) is 6.17. The number of rotatable bonds is 5. The zero-order valence-electron chi connectivity index (χ0n) is 14.9. The lowest BCUT2D eigenvalue weighted by Gasteiger charge is -2.33. The van der Waals surface area contributed by atoms with Gasteiger partial charge >= 0.3 is 0 Å². The van der Waals surface area contributed by atoms with Crippen molar-refractivity contribution >= 4 is 11.6 Å². The van der Waals surface area contributed by atoms with Crippen molar-refractivity contribution in [3.8, 4) is 0 Å². The third kappa shape index (κ3) is 4.54. The van der Waals surface area contributed by atoms with Crippen LogP contribution in [0, 0.1) is 0 Å². The highest BCUT2D eigenvalue weighted by Crippen LogP contribution is 2.15. The molecule has 2 aromatic heterocycles. The van der Waals surface area contributed by atoms with E-state index >= 15 is 0 Å². The van der Waals surface area contributed by atoms with Crippen LogP contribution < -0.4 is 4.90 Å². The van der Waals surface area contributed by atoms with Gasteiger partial charge in [0.15, 0.2) is 0 Å². The first kappa shape index (κ1) is 17.4. The molecule has 0 atom stereocenters. The Morgan fingerprint density at radius 1 is 1.12 bits per heavy atom. The van der Waals surface area contributed by atoms with E-state index in [1.807, 2.05) is 37.5 Å². The van der Waals surface area contributed by atoms with E-state index in [4.69, 9.17) is 0 Å². The van der Waals surface area contributed by atoms with E-state index < -0.39 is 0 Å². The van der Waals surface area contributed by atoms with E-state index in [-0.39, 0.29) is 5.91 Å². The fraction of sp³-hybridized carbons (Fsp3) is 0.421. The summed E-state index contributed by atoms with van der Waals surface area (Å²) < 4.78 is 0. The smallest absolute Gasteiger partial charge is 0.272 e. The van der Waals surface area contributed by atoms with E-state index in [0.29, 0.717) is 12.2 Å². The van der Waals surface area contributed by atoms with E-state index in [9.17, 15) is 4.79 Å². The number of carbonyl (C=O) groups excluding carboxylic acids is 1. The first-order chi connectivity index (χ1) is 12.1. The Kier molecular flexibility index (Phi) is 5.60. The standard InChI is InChI=1S/C19H25N5O/c1-22-11-13-24(14-12-22)17-3-4-18(21-15-17)19(25)23(2)10-7-16-5-8-20-9-6-16/h3-6,8-9,15H,7,10-14H2,1-2H3. The average molecular weight is 339 g/mol. The quantitative estimate of drug-likeness (QED) is 0.827. The first-order valence-electron chi connectivity index (χ1n) is 8.67. The summed E-state index contributed by atoms with van der Waals surface area (Å²) in [7, 11) is 3.96. The van der Waals surface area contributed by atoms with Crippen LogP contribution in [0.25, 0.3) is 0 Å². The number of hydrogen-bond acceptors (Lipinski definition) is 5. The van der Waals surface area contributed by atoms with Crippen molar-refractivity contribution in [1.82, 2.24) is 19.8 Å². The van der Waals surface area contributed by atoms with Crippen LogP contribution in [-0.4, -0.2) is 72.5 Å². The lowest BCUT2D eigenvalue weighted by atomic mass is 10.2. The number of hydrogen-bond donors (Lipinski definition) is 0. The lowest BCUT2D eigenvalue weighted by molar-refractivity contribution is 0.0791. The fourth-order valence-electron chi connectivity index (χ4n) is 2.91. The van der Waals surface area contributed by atoms with E-state index in [1.165, 1.54) is 5.56 Å². The van der Waals surface area contributed by atoms with Crippen LogP contribution in [0.15, 0.2) is 42.9 Å².